The zero-order valence-electron chi connectivity index (χ0n) is 15.9. The number of rotatable bonds is 5. The van der Waals surface area contributed by atoms with Crippen LogP contribution in [0.25, 0.3) is 11.3 Å². The number of amides is 2. The predicted molar refractivity (Wildman–Crippen MR) is 102 cm³/mol. The first-order valence-electron chi connectivity index (χ1n) is 8.86. The number of carbonyl (C=O) groups excluding carboxylic acids is 3. The number of benzene rings is 1. The number of primary amides is 1. The molecule has 1 unspecified atom stereocenters. The highest BCUT2D eigenvalue weighted by atomic mass is 19.3. The minimum atomic E-state index is -3.08. The molecule has 1 saturated heterocycles. The number of nitrogens with two attached hydrogens (primary N) is 1. The molecule has 154 valence electrons. The molecule has 2 heterocycles. The van der Waals surface area contributed by atoms with Gasteiger partial charge in [-0.05, 0) is 18.6 Å². The van der Waals surface area contributed by atoms with Crippen LogP contribution in [0.15, 0.2) is 36.4 Å². The average Bonchev–Trinajstić information content (AvgIpc) is 3.00. The second-order valence-corrected chi connectivity index (χ2v) is 6.71. The van der Waals surface area contributed by atoms with Gasteiger partial charge in [0.2, 0.25) is 5.91 Å². The normalized spacial score (nSPS) is 18.1. The number of aromatic nitrogens is 1. The summed E-state index contributed by atoms with van der Waals surface area (Å²) in [6.45, 7) is -2.65. The molecule has 0 aliphatic carbocycles. The number of likely N-dealkylation sites (tertiary alicyclic amines) is 1. The zero-order chi connectivity index (χ0) is 21.9. The van der Waals surface area contributed by atoms with Crippen LogP contribution < -0.4 is 10.5 Å². The number of halogens is 2. The van der Waals surface area contributed by atoms with E-state index in [1.807, 2.05) is 0 Å². The van der Waals surface area contributed by atoms with Crippen LogP contribution in [0.5, 0.6) is 5.75 Å². The van der Waals surface area contributed by atoms with E-state index in [4.69, 9.17) is 5.73 Å². The highest BCUT2D eigenvalue weighted by Crippen LogP contribution is 2.29. The van der Waals surface area contributed by atoms with E-state index in [2.05, 4.69) is 21.6 Å². The van der Waals surface area contributed by atoms with Crippen molar-refractivity contribution in [2.45, 2.75) is 13.0 Å². The summed E-state index contributed by atoms with van der Waals surface area (Å²) in [6, 6.07) is 8.79. The Morgan fingerprint density at radius 3 is 2.73 bits per heavy atom. The maximum Gasteiger partial charge on any atom is 0.387 e. The number of pyridine rings is 1. The Hall–Kier alpha value is -3.80. The molecule has 1 aromatic carbocycles. The maximum absolute atomic E-state index is 12.6. The molecule has 1 aliphatic rings. The standard InChI is InChI=1S/C21H17F2N3O4/c1-26-8-7-21(12-27,19(26)29)6-5-13-3-2-4-14(9-13)16-10-15(30-20(22)23)11-17(25-16)18(24)28/h2-4,9-12,20H,7-8H2,1H3,(H2,24,28). The quantitative estimate of drug-likeness (QED) is 0.458. The van der Waals surface area contributed by atoms with E-state index in [0.717, 1.165) is 6.07 Å². The van der Waals surface area contributed by atoms with Gasteiger partial charge in [0, 0.05) is 36.9 Å². The van der Waals surface area contributed by atoms with Gasteiger partial charge in [-0.25, -0.2) is 4.98 Å². The van der Waals surface area contributed by atoms with E-state index in [1.165, 1.54) is 11.0 Å². The molecule has 1 fully saturated rings. The number of ether oxygens (including phenoxy) is 1. The molecule has 2 amide bonds. The van der Waals surface area contributed by atoms with Crippen molar-refractivity contribution in [2.75, 3.05) is 13.6 Å². The third-order valence-corrected chi connectivity index (χ3v) is 4.64. The molecule has 7 nitrogen and oxygen atoms in total. The van der Waals surface area contributed by atoms with Gasteiger partial charge in [0.25, 0.3) is 5.91 Å². The summed E-state index contributed by atoms with van der Waals surface area (Å²) in [4.78, 5) is 40.8. The van der Waals surface area contributed by atoms with E-state index in [1.54, 1.807) is 31.3 Å². The summed E-state index contributed by atoms with van der Waals surface area (Å²) in [5.41, 5.74) is 4.71. The Kier molecular flexibility index (Phi) is 5.78. The van der Waals surface area contributed by atoms with Crippen molar-refractivity contribution >= 4 is 18.1 Å². The first kappa shape index (κ1) is 20.9. The highest BCUT2D eigenvalue weighted by Gasteiger charge is 2.44. The molecule has 2 aromatic rings. The van der Waals surface area contributed by atoms with Gasteiger partial charge in [0.15, 0.2) is 5.41 Å². The van der Waals surface area contributed by atoms with Crippen LogP contribution in [0.3, 0.4) is 0 Å². The molecule has 1 aliphatic heterocycles. The fraction of sp³-hybridized carbons (Fsp3) is 0.238. The maximum atomic E-state index is 12.6. The molecule has 0 spiro atoms. The molecule has 0 bridgehead atoms. The van der Waals surface area contributed by atoms with Crippen LogP contribution in [-0.4, -0.2) is 48.2 Å². The summed E-state index contributed by atoms with van der Waals surface area (Å²) >= 11 is 0. The number of aldehydes is 1. The lowest BCUT2D eigenvalue weighted by Gasteiger charge is -2.13. The molecule has 30 heavy (non-hydrogen) atoms. The Labute approximate surface area is 170 Å². The lowest BCUT2D eigenvalue weighted by Crippen LogP contribution is -2.32. The summed E-state index contributed by atoms with van der Waals surface area (Å²) < 4.78 is 29.6. The smallest absolute Gasteiger partial charge is 0.387 e. The summed E-state index contributed by atoms with van der Waals surface area (Å²) in [5, 5.41) is 0. The molecule has 0 radical (unpaired) electrons. The van der Waals surface area contributed by atoms with Gasteiger partial charge >= 0.3 is 6.61 Å². The van der Waals surface area contributed by atoms with E-state index < -0.39 is 17.9 Å². The first-order valence-corrected chi connectivity index (χ1v) is 8.86. The van der Waals surface area contributed by atoms with Gasteiger partial charge in [0.1, 0.15) is 17.7 Å². The third kappa shape index (κ3) is 4.27. The van der Waals surface area contributed by atoms with Crippen molar-refractivity contribution < 1.29 is 27.9 Å². The SMILES string of the molecule is CN1CCC(C#Cc2cccc(-c3cc(OC(F)F)cc(C(N)=O)n3)c2)(C=O)C1=O. The number of nitrogens with zero attached hydrogens (tertiary/aromatic N) is 2. The van der Waals surface area contributed by atoms with Crippen LogP contribution in [0.4, 0.5) is 8.78 Å². The molecule has 1 aromatic heterocycles. The van der Waals surface area contributed by atoms with Crippen molar-refractivity contribution in [1.82, 2.24) is 9.88 Å². The van der Waals surface area contributed by atoms with Crippen molar-refractivity contribution in [3.05, 3.63) is 47.7 Å². The van der Waals surface area contributed by atoms with Crippen molar-refractivity contribution in [2.24, 2.45) is 11.1 Å². The van der Waals surface area contributed by atoms with Gasteiger partial charge < -0.3 is 20.2 Å². The Morgan fingerprint density at radius 1 is 1.37 bits per heavy atom. The largest absolute Gasteiger partial charge is 0.435 e. The van der Waals surface area contributed by atoms with E-state index in [0.29, 0.717) is 30.4 Å². The van der Waals surface area contributed by atoms with Gasteiger partial charge in [-0.3, -0.25) is 9.59 Å². The molecular formula is C21H17F2N3O4. The van der Waals surface area contributed by atoms with Gasteiger partial charge in [-0.1, -0.05) is 24.0 Å². The van der Waals surface area contributed by atoms with Crippen LogP contribution in [0, 0.1) is 17.3 Å². The predicted octanol–water partition coefficient (Wildman–Crippen LogP) is 1.85. The minimum absolute atomic E-state index is 0.173. The fourth-order valence-corrected chi connectivity index (χ4v) is 3.04. The van der Waals surface area contributed by atoms with Crippen LogP contribution in [0.1, 0.15) is 22.5 Å². The third-order valence-electron chi connectivity index (χ3n) is 4.64. The van der Waals surface area contributed by atoms with Gasteiger partial charge in [0.05, 0.1) is 5.69 Å². The fourth-order valence-electron chi connectivity index (χ4n) is 3.04. The topological polar surface area (TPSA) is 103 Å². The first-order chi connectivity index (χ1) is 14.2. The van der Waals surface area contributed by atoms with Crippen molar-refractivity contribution in [3.63, 3.8) is 0 Å². The number of alkyl halides is 2. The number of carbonyl (C=O) groups is 3. The average molecular weight is 413 g/mol. The second kappa shape index (κ2) is 8.29. The van der Waals surface area contributed by atoms with E-state index >= 15 is 0 Å². The Bertz CT molecular complexity index is 1080. The Morgan fingerprint density at radius 2 is 2.13 bits per heavy atom. The molecule has 2 N–H and O–H groups in total. The minimum Gasteiger partial charge on any atom is -0.435 e. The van der Waals surface area contributed by atoms with Crippen molar-refractivity contribution in [1.29, 1.82) is 0 Å². The van der Waals surface area contributed by atoms with E-state index in [-0.39, 0.29) is 23.0 Å². The monoisotopic (exact) mass is 413 g/mol. The van der Waals surface area contributed by atoms with Crippen LogP contribution in [-0.2, 0) is 9.59 Å². The zero-order valence-corrected chi connectivity index (χ0v) is 15.9. The molecule has 3 rings (SSSR count). The lowest BCUT2D eigenvalue weighted by molar-refractivity contribution is -0.135. The molecule has 0 saturated carbocycles. The second-order valence-electron chi connectivity index (χ2n) is 6.71. The van der Waals surface area contributed by atoms with Gasteiger partial charge in [-0.2, -0.15) is 8.78 Å². The summed E-state index contributed by atoms with van der Waals surface area (Å²) in [5.74, 6) is 4.06. The van der Waals surface area contributed by atoms with Crippen LogP contribution >= 0.6 is 0 Å². The van der Waals surface area contributed by atoms with Crippen molar-refractivity contribution in [3.8, 4) is 28.8 Å². The summed E-state index contributed by atoms with van der Waals surface area (Å²) in [7, 11) is 1.60. The number of hydrogen-bond acceptors (Lipinski definition) is 5. The number of hydrogen-bond donors (Lipinski definition) is 1. The highest BCUT2D eigenvalue weighted by molar-refractivity contribution is 6.02. The van der Waals surface area contributed by atoms with Crippen LogP contribution in [0.2, 0.25) is 0 Å². The molecular weight excluding hydrogens is 396 g/mol. The van der Waals surface area contributed by atoms with Gasteiger partial charge in [-0.15, -0.1) is 0 Å². The molecule has 1 atom stereocenters. The van der Waals surface area contributed by atoms with E-state index in [9.17, 15) is 23.2 Å². The Balaban J connectivity index is 1.99. The molecule has 9 heteroatoms. The lowest BCUT2D eigenvalue weighted by atomic mass is 9.88. The summed E-state index contributed by atoms with van der Waals surface area (Å²) in [6.07, 6.45) is 0.858.